The van der Waals surface area contributed by atoms with Crippen LogP contribution in [0.2, 0.25) is 0 Å². The number of halogens is 1. The van der Waals surface area contributed by atoms with Gasteiger partial charge in [0.2, 0.25) is 11.0 Å². The van der Waals surface area contributed by atoms with Gasteiger partial charge in [-0.2, -0.15) is 0 Å². The number of oxazole rings is 1. The van der Waals surface area contributed by atoms with Gasteiger partial charge in [-0.05, 0) is 38.1 Å². The van der Waals surface area contributed by atoms with E-state index in [4.69, 9.17) is 10.3 Å². The minimum atomic E-state index is -0.309. The Morgan fingerprint density at radius 3 is 2.59 bits per heavy atom. The second-order valence-electron chi connectivity index (χ2n) is 4.72. The fraction of sp³-hybridized carbons (Fsp3) is 0.214. The summed E-state index contributed by atoms with van der Waals surface area (Å²) >= 11 is 1.37. The molecule has 0 aliphatic rings. The third-order valence-electron chi connectivity index (χ3n) is 3.16. The largest absolute Gasteiger partial charge is 0.445 e. The Morgan fingerprint density at radius 1 is 1.23 bits per heavy atom. The van der Waals surface area contributed by atoms with Crippen molar-refractivity contribution in [3.63, 3.8) is 0 Å². The zero-order valence-corrected chi connectivity index (χ0v) is 12.9. The quantitative estimate of drug-likeness (QED) is 0.588. The lowest BCUT2D eigenvalue weighted by Crippen LogP contribution is -2.11. The molecule has 0 aliphatic carbocycles. The van der Waals surface area contributed by atoms with Gasteiger partial charge in [-0.1, -0.05) is 11.8 Å². The molecule has 1 aromatic carbocycles. The van der Waals surface area contributed by atoms with Gasteiger partial charge in [0.15, 0.2) is 5.82 Å². The molecule has 2 N–H and O–H groups in total. The smallest absolute Gasteiger partial charge is 0.210 e. The number of hydrogen-bond acceptors (Lipinski definition) is 6. The Kier molecular flexibility index (Phi) is 3.84. The fourth-order valence-electron chi connectivity index (χ4n) is 1.90. The SMILES string of the molecule is Cc1nc(CSc2nnc(-c3ccc(F)cc3)n2N)oc1C. The van der Waals surface area contributed by atoms with Crippen molar-refractivity contribution < 1.29 is 8.81 Å². The van der Waals surface area contributed by atoms with Crippen LogP contribution in [0, 0.1) is 19.7 Å². The van der Waals surface area contributed by atoms with Crippen molar-refractivity contribution in [3.05, 3.63) is 47.4 Å². The number of aromatic nitrogens is 4. The molecule has 114 valence electrons. The first-order chi connectivity index (χ1) is 10.5. The zero-order valence-electron chi connectivity index (χ0n) is 12.1. The highest BCUT2D eigenvalue weighted by molar-refractivity contribution is 7.98. The first-order valence-corrected chi connectivity index (χ1v) is 7.55. The molecule has 0 aliphatic heterocycles. The van der Waals surface area contributed by atoms with Gasteiger partial charge in [-0.25, -0.2) is 14.1 Å². The Morgan fingerprint density at radius 2 is 1.95 bits per heavy atom. The Bertz CT molecular complexity index is 777. The van der Waals surface area contributed by atoms with Crippen LogP contribution in [0.3, 0.4) is 0 Å². The molecule has 0 bridgehead atoms. The molecule has 0 atom stereocenters. The molecule has 2 heterocycles. The Hall–Kier alpha value is -2.35. The van der Waals surface area contributed by atoms with Gasteiger partial charge in [0, 0.05) is 5.56 Å². The first kappa shape index (κ1) is 14.6. The molecule has 22 heavy (non-hydrogen) atoms. The standard InChI is InChI=1S/C14H14FN5OS/c1-8-9(2)21-12(17-8)7-22-14-19-18-13(20(14)16)10-3-5-11(15)6-4-10/h3-6H,7,16H2,1-2H3. The highest BCUT2D eigenvalue weighted by atomic mass is 32.2. The molecule has 0 spiro atoms. The number of rotatable bonds is 4. The molecule has 0 amide bonds. The average Bonchev–Trinajstić information content (AvgIpc) is 3.01. The van der Waals surface area contributed by atoms with Crippen molar-refractivity contribution in [2.75, 3.05) is 5.84 Å². The molecule has 8 heteroatoms. The van der Waals surface area contributed by atoms with E-state index >= 15 is 0 Å². The molecular weight excluding hydrogens is 305 g/mol. The van der Waals surface area contributed by atoms with Crippen molar-refractivity contribution in [2.24, 2.45) is 0 Å². The van der Waals surface area contributed by atoms with Gasteiger partial charge < -0.3 is 10.3 Å². The molecule has 0 saturated carbocycles. The molecule has 6 nitrogen and oxygen atoms in total. The zero-order chi connectivity index (χ0) is 15.7. The Labute approximate surface area is 130 Å². The number of nitrogens with zero attached hydrogens (tertiary/aromatic N) is 4. The van der Waals surface area contributed by atoms with Crippen LogP contribution in [0.4, 0.5) is 4.39 Å². The average molecular weight is 319 g/mol. The van der Waals surface area contributed by atoms with Gasteiger partial charge >= 0.3 is 0 Å². The van der Waals surface area contributed by atoms with Crippen LogP contribution in [0.5, 0.6) is 0 Å². The minimum Gasteiger partial charge on any atom is -0.445 e. The molecular formula is C14H14FN5OS. The predicted octanol–water partition coefficient (Wildman–Crippen LogP) is 2.70. The van der Waals surface area contributed by atoms with Crippen LogP contribution in [0.25, 0.3) is 11.4 Å². The maximum absolute atomic E-state index is 13.0. The van der Waals surface area contributed by atoms with E-state index in [1.54, 1.807) is 12.1 Å². The summed E-state index contributed by atoms with van der Waals surface area (Å²) in [7, 11) is 0. The number of nitrogen functional groups attached to an aromatic ring is 1. The molecule has 0 fully saturated rings. The van der Waals surface area contributed by atoms with E-state index in [2.05, 4.69) is 15.2 Å². The molecule has 2 aromatic heterocycles. The lowest BCUT2D eigenvalue weighted by atomic mass is 10.2. The lowest BCUT2D eigenvalue weighted by molar-refractivity contribution is 0.489. The maximum atomic E-state index is 13.0. The van der Waals surface area contributed by atoms with Crippen molar-refractivity contribution in [1.29, 1.82) is 0 Å². The van der Waals surface area contributed by atoms with Crippen molar-refractivity contribution in [2.45, 2.75) is 24.8 Å². The van der Waals surface area contributed by atoms with Gasteiger partial charge in [0.1, 0.15) is 11.6 Å². The summed E-state index contributed by atoms with van der Waals surface area (Å²) in [5.74, 6) is 8.09. The second-order valence-corrected chi connectivity index (χ2v) is 5.66. The molecule has 0 saturated heterocycles. The highest BCUT2D eigenvalue weighted by Gasteiger charge is 2.14. The first-order valence-electron chi connectivity index (χ1n) is 6.56. The van der Waals surface area contributed by atoms with E-state index in [0.717, 1.165) is 11.5 Å². The summed E-state index contributed by atoms with van der Waals surface area (Å²) in [6.45, 7) is 3.76. The third kappa shape index (κ3) is 2.82. The van der Waals surface area contributed by atoms with Crippen LogP contribution in [0.1, 0.15) is 17.3 Å². The van der Waals surface area contributed by atoms with Crippen LogP contribution in [-0.2, 0) is 5.75 Å². The Balaban J connectivity index is 1.77. The number of nitrogens with two attached hydrogens (primary N) is 1. The van der Waals surface area contributed by atoms with E-state index in [0.29, 0.717) is 28.2 Å². The van der Waals surface area contributed by atoms with Crippen molar-refractivity contribution in [3.8, 4) is 11.4 Å². The predicted molar refractivity (Wildman–Crippen MR) is 81.1 cm³/mol. The van der Waals surface area contributed by atoms with E-state index in [1.165, 1.54) is 28.6 Å². The summed E-state index contributed by atoms with van der Waals surface area (Å²) in [6.07, 6.45) is 0. The number of hydrogen-bond donors (Lipinski definition) is 1. The van der Waals surface area contributed by atoms with E-state index in [1.807, 2.05) is 13.8 Å². The lowest BCUT2D eigenvalue weighted by Gasteiger charge is -2.02. The molecule has 0 radical (unpaired) electrons. The summed E-state index contributed by atoms with van der Waals surface area (Å²) in [6, 6.07) is 5.93. The van der Waals surface area contributed by atoms with Gasteiger partial charge in [-0.3, -0.25) is 0 Å². The van der Waals surface area contributed by atoms with Gasteiger partial charge in [-0.15, -0.1) is 10.2 Å². The van der Waals surface area contributed by atoms with E-state index in [-0.39, 0.29) is 5.82 Å². The van der Waals surface area contributed by atoms with Crippen LogP contribution in [-0.4, -0.2) is 19.9 Å². The third-order valence-corrected chi connectivity index (χ3v) is 4.09. The number of benzene rings is 1. The van der Waals surface area contributed by atoms with Crippen LogP contribution in [0.15, 0.2) is 33.8 Å². The van der Waals surface area contributed by atoms with Gasteiger partial charge in [0.25, 0.3) is 0 Å². The van der Waals surface area contributed by atoms with Crippen LogP contribution >= 0.6 is 11.8 Å². The summed E-state index contributed by atoms with van der Waals surface area (Å²) in [5.41, 5.74) is 1.57. The second kappa shape index (κ2) is 5.80. The highest BCUT2D eigenvalue weighted by Crippen LogP contribution is 2.24. The normalized spacial score (nSPS) is 11.0. The number of thioether (sulfide) groups is 1. The molecule has 3 rings (SSSR count). The van der Waals surface area contributed by atoms with Gasteiger partial charge in [0.05, 0.1) is 11.4 Å². The molecule has 3 aromatic rings. The summed E-state index contributed by atoms with van der Waals surface area (Å²) in [5, 5.41) is 8.63. The van der Waals surface area contributed by atoms with Crippen LogP contribution < -0.4 is 5.84 Å². The fourth-order valence-corrected chi connectivity index (χ4v) is 2.60. The monoisotopic (exact) mass is 319 g/mol. The number of aryl methyl sites for hydroxylation is 2. The topological polar surface area (TPSA) is 82.8 Å². The van der Waals surface area contributed by atoms with E-state index < -0.39 is 0 Å². The minimum absolute atomic E-state index is 0.309. The van der Waals surface area contributed by atoms with Crippen molar-refractivity contribution in [1.82, 2.24) is 19.9 Å². The van der Waals surface area contributed by atoms with Crippen molar-refractivity contribution >= 4 is 11.8 Å². The maximum Gasteiger partial charge on any atom is 0.210 e. The summed E-state index contributed by atoms with van der Waals surface area (Å²) in [4.78, 5) is 4.30. The summed E-state index contributed by atoms with van der Waals surface area (Å²) < 4.78 is 19.8. The molecule has 0 unspecified atom stereocenters. The van der Waals surface area contributed by atoms with E-state index in [9.17, 15) is 4.39 Å².